The highest BCUT2D eigenvalue weighted by Gasteiger charge is 2.31. The van der Waals surface area contributed by atoms with Crippen molar-refractivity contribution in [3.05, 3.63) is 95.2 Å². The standard InChI is InChI=1S/C25H19F3N6O3/c1-16-15-30-34(18-5-3-6-19(13-18)37-25(26,27)28)24(16)23-21(35)9-12-33(31-23)20-8-7-17(14-22(20)36-2)32-11-4-10-29-32/h3-15H,1-2H3. The summed E-state index contributed by atoms with van der Waals surface area (Å²) in [4.78, 5) is 12.9. The zero-order valence-electron chi connectivity index (χ0n) is 19.5. The Morgan fingerprint density at radius 2 is 1.76 bits per heavy atom. The maximum absolute atomic E-state index is 12.9. The smallest absolute Gasteiger partial charge is 0.494 e. The average Bonchev–Trinajstić information content (AvgIpc) is 3.53. The van der Waals surface area contributed by atoms with Crippen molar-refractivity contribution in [1.29, 1.82) is 0 Å². The highest BCUT2D eigenvalue weighted by Crippen LogP contribution is 2.29. The molecule has 0 atom stereocenters. The molecule has 37 heavy (non-hydrogen) atoms. The van der Waals surface area contributed by atoms with Gasteiger partial charge in [-0.2, -0.15) is 15.3 Å². The first-order chi connectivity index (χ1) is 17.7. The van der Waals surface area contributed by atoms with Crippen LogP contribution >= 0.6 is 0 Å². The summed E-state index contributed by atoms with van der Waals surface area (Å²) in [5.41, 5.74) is 2.18. The molecule has 188 valence electrons. The van der Waals surface area contributed by atoms with E-state index in [0.717, 1.165) is 5.69 Å². The van der Waals surface area contributed by atoms with Gasteiger partial charge in [0.05, 0.1) is 24.7 Å². The number of aryl methyl sites for hydroxylation is 1. The molecule has 0 radical (unpaired) electrons. The zero-order valence-corrected chi connectivity index (χ0v) is 19.5. The third-order valence-corrected chi connectivity index (χ3v) is 5.46. The van der Waals surface area contributed by atoms with E-state index in [0.29, 0.717) is 22.7 Å². The molecule has 12 heteroatoms. The van der Waals surface area contributed by atoms with E-state index in [2.05, 4.69) is 20.0 Å². The van der Waals surface area contributed by atoms with E-state index in [4.69, 9.17) is 4.74 Å². The third-order valence-electron chi connectivity index (χ3n) is 5.46. The molecule has 2 aromatic carbocycles. The molecule has 3 heterocycles. The number of halogens is 3. The van der Waals surface area contributed by atoms with Gasteiger partial charge in [-0.05, 0) is 42.8 Å². The fourth-order valence-corrected chi connectivity index (χ4v) is 3.85. The van der Waals surface area contributed by atoms with Gasteiger partial charge in [-0.15, -0.1) is 13.2 Å². The first kappa shape index (κ1) is 23.9. The van der Waals surface area contributed by atoms with Crippen LogP contribution in [0.1, 0.15) is 5.56 Å². The number of hydrogen-bond donors (Lipinski definition) is 0. The molecule has 0 aliphatic heterocycles. The number of nitrogens with zero attached hydrogens (tertiary/aromatic N) is 6. The van der Waals surface area contributed by atoms with Gasteiger partial charge in [-0.3, -0.25) is 4.79 Å². The quantitative estimate of drug-likeness (QED) is 0.336. The van der Waals surface area contributed by atoms with Crippen LogP contribution in [0.3, 0.4) is 0 Å². The van der Waals surface area contributed by atoms with E-state index < -0.39 is 17.5 Å². The van der Waals surface area contributed by atoms with Crippen LogP contribution in [0.15, 0.2) is 84.2 Å². The van der Waals surface area contributed by atoms with Gasteiger partial charge in [0.25, 0.3) is 0 Å². The molecule has 0 aliphatic carbocycles. The number of aromatic nitrogens is 6. The second-order valence-corrected chi connectivity index (χ2v) is 7.91. The van der Waals surface area contributed by atoms with Gasteiger partial charge in [0, 0.05) is 36.8 Å². The number of ether oxygens (including phenoxy) is 2. The van der Waals surface area contributed by atoms with Crippen molar-refractivity contribution in [2.45, 2.75) is 13.3 Å². The summed E-state index contributed by atoms with van der Waals surface area (Å²) in [6.45, 7) is 1.73. The lowest BCUT2D eigenvalue weighted by atomic mass is 10.2. The Labute approximate surface area is 207 Å². The van der Waals surface area contributed by atoms with Gasteiger partial charge in [-0.25, -0.2) is 14.0 Å². The molecule has 0 N–H and O–H groups in total. The molecule has 5 rings (SSSR count). The van der Waals surface area contributed by atoms with Gasteiger partial charge in [0.1, 0.15) is 22.9 Å². The van der Waals surface area contributed by atoms with Gasteiger partial charge < -0.3 is 9.47 Å². The van der Waals surface area contributed by atoms with Crippen molar-refractivity contribution in [3.8, 4) is 39.9 Å². The molecular formula is C25H19F3N6O3. The number of alkyl halides is 3. The minimum atomic E-state index is -4.85. The number of hydrogen-bond acceptors (Lipinski definition) is 6. The van der Waals surface area contributed by atoms with Crippen molar-refractivity contribution in [2.75, 3.05) is 7.11 Å². The second kappa shape index (κ2) is 9.30. The fraction of sp³-hybridized carbons (Fsp3) is 0.120. The summed E-state index contributed by atoms with van der Waals surface area (Å²) in [6, 6.07) is 13.9. The van der Waals surface area contributed by atoms with Crippen molar-refractivity contribution in [1.82, 2.24) is 29.3 Å². The first-order valence-corrected chi connectivity index (χ1v) is 10.9. The molecule has 9 nitrogen and oxygen atoms in total. The summed E-state index contributed by atoms with van der Waals surface area (Å²) >= 11 is 0. The van der Waals surface area contributed by atoms with Crippen molar-refractivity contribution >= 4 is 0 Å². The Kier molecular flexibility index (Phi) is 5.99. The van der Waals surface area contributed by atoms with E-state index in [1.165, 1.54) is 53.1 Å². The van der Waals surface area contributed by atoms with Crippen LogP contribution < -0.4 is 14.9 Å². The molecular weight excluding hydrogens is 489 g/mol. The Morgan fingerprint density at radius 3 is 2.49 bits per heavy atom. The monoisotopic (exact) mass is 508 g/mol. The summed E-state index contributed by atoms with van der Waals surface area (Å²) < 4.78 is 52.3. The van der Waals surface area contributed by atoms with Gasteiger partial charge in [0.2, 0.25) is 5.43 Å². The predicted molar refractivity (Wildman–Crippen MR) is 127 cm³/mol. The highest BCUT2D eigenvalue weighted by atomic mass is 19.4. The van der Waals surface area contributed by atoms with Crippen LogP contribution in [0.5, 0.6) is 11.5 Å². The summed E-state index contributed by atoms with van der Waals surface area (Å²) in [5.74, 6) is 0.0712. The first-order valence-electron chi connectivity index (χ1n) is 10.9. The Balaban J connectivity index is 1.59. The lowest BCUT2D eigenvalue weighted by Crippen LogP contribution is -2.17. The van der Waals surface area contributed by atoms with Crippen molar-refractivity contribution in [3.63, 3.8) is 0 Å². The molecule has 0 amide bonds. The molecule has 0 fully saturated rings. The minimum Gasteiger partial charge on any atom is -0.494 e. The summed E-state index contributed by atoms with van der Waals surface area (Å²) in [5, 5.41) is 13.0. The molecule has 5 aromatic rings. The predicted octanol–water partition coefficient (Wildman–Crippen LogP) is 4.49. The Hall–Kier alpha value is -4.87. The van der Waals surface area contributed by atoms with E-state index in [1.54, 1.807) is 48.3 Å². The average molecular weight is 508 g/mol. The van der Waals surface area contributed by atoms with Gasteiger partial charge >= 0.3 is 6.36 Å². The van der Waals surface area contributed by atoms with E-state index >= 15 is 0 Å². The van der Waals surface area contributed by atoms with Crippen molar-refractivity contribution in [2.24, 2.45) is 0 Å². The lowest BCUT2D eigenvalue weighted by molar-refractivity contribution is -0.274. The Bertz CT molecular complexity index is 1620. The van der Waals surface area contributed by atoms with Crippen LogP contribution in [0.4, 0.5) is 13.2 Å². The SMILES string of the molecule is COc1cc(-n2cccn2)ccc1-n1ccc(=O)c(-c2c(C)cnn2-c2cccc(OC(F)(F)F)c2)n1. The number of benzene rings is 2. The highest BCUT2D eigenvalue weighted by molar-refractivity contribution is 5.62. The van der Waals surface area contributed by atoms with Crippen LogP contribution in [-0.2, 0) is 0 Å². The molecule has 0 saturated carbocycles. The van der Waals surface area contributed by atoms with E-state index in [9.17, 15) is 18.0 Å². The molecule has 0 aliphatic rings. The van der Waals surface area contributed by atoms with E-state index in [-0.39, 0.29) is 11.4 Å². The number of rotatable bonds is 6. The summed E-state index contributed by atoms with van der Waals surface area (Å²) in [7, 11) is 1.52. The zero-order chi connectivity index (χ0) is 26.2. The lowest BCUT2D eigenvalue weighted by Gasteiger charge is -2.14. The molecule has 0 bridgehead atoms. The molecule has 0 saturated heterocycles. The van der Waals surface area contributed by atoms with Crippen LogP contribution in [-0.4, -0.2) is 42.8 Å². The molecule has 0 unspecified atom stereocenters. The Morgan fingerprint density at radius 1 is 0.919 bits per heavy atom. The van der Waals surface area contributed by atoms with E-state index in [1.807, 2.05) is 6.07 Å². The van der Waals surface area contributed by atoms with Crippen LogP contribution in [0, 0.1) is 6.92 Å². The maximum atomic E-state index is 12.9. The topological polar surface area (TPSA) is 89.0 Å². The largest absolute Gasteiger partial charge is 0.573 e. The van der Waals surface area contributed by atoms with Crippen molar-refractivity contribution < 1.29 is 22.6 Å². The molecule has 3 aromatic heterocycles. The number of methoxy groups -OCH3 is 1. The summed E-state index contributed by atoms with van der Waals surface area (Å²) in [6.07, 6.45) is 1.62. The second-order valence-electron chi connectivity index (χ2n) is 7.91. The normalized spacial score (nSPS) is 11.5. The third kappa shape index (κ3) is 4.81. The van der Waals surface area contributed by atoms with Gasteiger partial charge in [0.15, 0.2) is 5.69 Å². The molecule has 0 spiro atoms. The minimum absolute atomic E-state index is 0.0536. The fourth-order valence-electron chi connectivity index (χ4n) is 3.85. The van der Waals surface area contributed by atoms with Crippen LogP contribution in [0.25, 0.3) is 28.5 Å². The van der Waals surface area contributed by atoms with Gasteiger partial charge in [-0.1, -0.05) is 6.07 Å². The maximum Gasteiger partial charge on any atom is 0.573 e. The van der Waals surface area contributed by atoms with Crippen LogP contribution in [0.2, 0.25) is 0 Å².